The zero-order valence-electron chi connectivity index (χ0n) is 7.69. The van der Waals surface area contributed by atoms with Gasteiger partial charge in [0.05, 0.1) is 6.26 Å². The molecule has 14 heavy (non-hydrogen) atoms. The molecule has 0 unspecified atom stereocenters. The first kappa shape index (κ1) is 7.68. The smallest absolute Gasteiger partial charge is 0.168 e. The molecule has 0 bridgehead atoms. The summed E-state index contributed by atoms with van der Waals surface area (Å²) in [7, 11) is 0. The summed E-state index contributed by atoms with van der Waals surface area (Å²) in [6.07, 6.45) is 8.81. The molecule has 1 aliphatic heterocycles. The number of fused-ring (bicyclic) bond motifs is 2. The third-order valence-corrected chi connectivity index (χ3v) is 2.47. The molecule has 0 radical (unpaired) electrons. The van der Waals surface area contributed by atoms with E-state index >= 15 is 0 Å². The third-order valence-electron chi connectivity index (χ3n) is 2.47. The molecule has 2 heteroatoms. The van der Waals surface area contributed by atoms with Crippen LogP contribution in [0.1, 0.15) is 11.1 Å². The fraction of sp³-hybridized carbons (Fsp3) is 0.167. The van der Waals surface area contributed by atoms with Gasteiger partial charge in [-0.2, -0.15) is 0 Å². The number of hydrogen-bond acceptors (Lipinski definition) is 2. The standard InChI is InChI=1S/C12H10O2/c1-3-9-7-11-12(8-10(9)4-1)14-6-2-5-13-11/h1-3,5,7-8H,4,6H2. The Labute approximate surface area is 82.5 Å². The summed E-state index contributed by atoms with van der Waals surface area (Å²) in [4.78, 5) is 0. The molecule has 2 nitrogen and oxygen atoms in total. The van der Waals surface area contributed by atoms with Crippen molar-refractivity contribution in [1.82, 2.24) is 0 Å². The normalized spacial score (nSPS) is 16.6. The first-order chi connectivity index (χ1) is 6.93. The van der Waals surface area contributed by atoms with Crippen LogP contribution in [-0.4, -0.2) is 6.61 Å². The van der Waals surface area contributed by atoms with E-state index in [-0.39, 0.29) is 0 Å². The summed E-state index contributed by atoms with van der Waals surface area (Å²) in [5.41, 5.74) is 2.55. The van der Waals surface area contributed by atoms with E-state index in [9.17, 15) is 0 Å². The molecule has 0 fully saturated rings. The van der Waals surface area contributed by atoms with E-state index in [0.717, 1.165) is 17.9 Å². The van der Waals surface area contributed by atoms with Gasteiger partial charge in [0, 0.05) is 0 Å². The highest BCUT2D eigenvalue weighted by atomic mass is 16.5. The molecule has 1 aromatic carbocycles. The van der Waals surface area contributed by atoms with Gasteiger partial charge in [0.1, 0.15) is 6.61 Å². The van der Waals surface area contributed by atoms with Crippen LogP contribution in [0.15, 0.2) is 30.5 Å². The van der Waals surface area contributed by atoms with E-state index in [2.05, 4.69) is 18.2 Å². The quantitative estimate of drug-likeness (QED) is 0.620. The van der Waals surface area contributed by atoms with E-state index in [0.29, 0.717) is 6.61 Å². The Hall–Kier alpha value is -1.70. The highest BCUT2D eigenvalue weighted by molar-refractivity contribution is 5.65. The van der Waals surface area contributed by atoms with Crippen LogP contribution in [-0.2, 0) is 6.42 Å². The van der Waals surface area contributed by atoms with Gasteiger partial charge in [0.15, 0.2) is 11.5 Å². The predicted octanol–water partition coefficient (Wildman–Crippen LogP) is 2.54. The van der Waals surface area contributed by atoms with Crippen LogP contribution in [0.4, 0.5) is 0 Å². The maximum Gasteiger partial charge on any atom is 0.168 e. The molecular formula is C12H10O2. The Morgan fingerprint density at radius 1 is 1.07 bits per heavy atom. The lowest BCUT2D eigenvalue weighted by atomic mass is 10.1. The second kappa shape index (κ2) is 2.91. The van der Waals surface area contributed by atoms with Crippen molar-refractivity contribution in [3.8, 4) is 11.5 Å². The Balaban J connectivity index is 2.12. The summed E-state index contributed by atoms with van der Waals surface area (Å²) in [6, 6.07) is 4.10. The number of hydrogen-bond donors (Lipinski definition) is 0. The van der Waals surface area contributed by atoms with Crippen molar-refractivity contribution in [2.45, 2.75) is 6.42 Å². The SMILES string of the molecule is C1=COc2cc3c(cc2OC1)CC=C3. The molecule has 1 aliphatic carbocycles. The van der Waals surface area contributed by atoms with Crippen LogP contribution in [0, 0.1) is 0 Å². The van der Waals surface area contributed by atoms with Crippen molar-refractivity contribution in [2.24, 2.45) is 0 Å². The van der Waals surface area contributed by atoms with E-state index < -0.39 is 0 Å². The molecular weight excluding hydrogens is 176 g/mol. The van der Waals surface area contributed by atoms with Gasteiger partial charge in [-0.25, -0.2) is 0 Å². The molecule has 1 aromatic rings. The average molecular weight is 186 g/mol. The van der Waals surface area contributed by atoms with Gasteiger partial charge in [-0.1, -0.05) is 12.2 Å². The zero-order valence-corrected chi connectivity index (χ0v) is 7.69. The average Bonchev–Trinajstić information content (AvgIpc) is 2.51. The highest BCUT2D eigenvalue weighted by Gasteiger charge is 2.13. The van der Waals surface area contributed by atoms with Crippen molar-refractivity contribution in [1.29, 1.82) is 0 Å². The van der Waals surface area contributed by atoms with Crippen LogP contribution in [0.5, 0.6) is 11.5 Å². The predicted molar refractivity (Wildman–Crippen MR) is 54.4 cm³/mol. The van der Waals surface area contributed by atoms with E-state index in [4.69, 9.17) is 9.47 Å². The fourth-order valence-corrected chi connectivity index (χ4v) is 1.77. The first-order valence-electron chi connectivity index (χ1n) is 4.71. The molecule has 0 saturated carbocycles. The van der Waals surface area contributed by atoms with Gasteiger partial charge in [0.2, 0.25) is 0 Å². The molecule has 0 amide bonds. The van der Waals surface area contributed by atoms with Crippen LogP contribution in [0.2, 0.25) is 0 Å². The summed E-state index contributed by atoms with van der Waals surface area (Å²) in [5, 5.41) is 0. The maximum atomic E-state index is 5.53. The summed E-state index contributed by atoms with van der Waals surface area (Å²) >= 11 is 0. The Morgan fingerprint density at radius 2 is 2.07 bits per heavy atom. The Bertz CT molecular complexity index is 430. The largest absolute Gasteiger partial charge is 0.485 e. The molecule has 0 atom stereocenters. The van der Waals surface area contributed by atoms with Gasteiger partial charge < -0.3 is 9.47 Å². The summed E-state index contributed by atoms with van der Waals surface area (Å²) in [6.45, 7) is 0.583. The van der Waals surface area contributed by atoms with E-state index in [1.54, 1.807) is 6.26 Å². The van der Waals surface area contributed by atoms with Crippen LogP contribution >= 0.6 is 0 Å². The minimum absolute atomic E-state index is 0.583. The number of allylic oxidation sites excluding steroid dienone is 1. The van der Waals surface area contributed by atoms with E-state index in [1.165, 1.54) is 11.1 Å². The van der Waals surface area contributed by atoms with Gasteiger partial charge in [-0.15, -0.1) is 0 Å². The second-order valence-electron chi connectivity index (χ2n) is 3.40. The Morgan fingerprint density at radius 3 is 3.07 bits per heavy atom. The maximum absolute atomic E-state index is 5.53. The third kappa shape index (κ3) is 1.11. The van der Waals surface area contributed by atoms with Crippen molar-refractivity contribution >= 4 is 6.08 Å². The van der Waals surface area contributed by atoms with E-state index in [1.807, 2.05) is 12.1 Å². The lowest BCUT2D eigenvalue weighted by Crippen LogP contribution is -1.93. The number of ether oxygens (including phenoxy) is 2. The summed E-state index contributed by atoms with van der Waals surface area (Å²) in [5.74, 6) is 1.65. The van der Waals surface area contributed by atoms with Gasteiger partial charge in [-0.3, -0.25) is 0 Å². The van der Waals surface area contributed by atoms with Crippen molar-refractivity contribution < 1.29 is 9.47 Å². The fourth-order valence-electron chi connectivity index (χ4n) is 1.77. The second-order valence-corrected chi connectivity index (χ2v) is 3.40. The van der Waals surface area contributed by atoms with Crippen molar-refractivity contribution in [3.05, 3.63) is 41.7 Å². The van der Waals surface area contributed by atoms with Crippen molar-refractivity contribution in [3.63, 3.8) is 0 Å². The van der Waals surface area contributed by atoms with Crippen LogP contribution < -0.4 is 9.47 Å². The molecule has 0 saturated heterocycles. The molecule has 0 spiro atoms. The van der Waals surface area contributed by atoms with Gasteiger partial charge in [-0.05, 0) is 35.8 Å². The molecule has 2 aliphatic rings. The van der Waals surface area contributed by atoms with Crippen LogP contribution in [0.25, 0.3) is 6.08 Å². The van der Waals surface area contributed by atoms with Gasteiger partial charge in [0.25, 0.3) is 0 Å². The zero-order chi connectivity index (χ0) is 9.38. The van der Waals surface area contributed by atoms with Gasteiger partial charge >= 0.3 is 0 Å². The topological polar surface area (TPSA) is 18.5 Å². The van der Waals surface area contributed by atoms with Crippen molar-refractivity contribution in [2.75, 3.05) is 6.61 Å². The lowest BCUT2D eigenvalue weighted by molar-refractivity contribution is 0.356. The molecule has 3 rings (SSSR count). The molecule has 0 aromatic heterocycles. The molecule has 0 N–H and O–H groups in total. The highest BCUT2D eigenvalue weighted by Crippen LogP contribution is 2.35. The number of rotatable bonds is 0. The minimum Gasteiger partial charge on any atom is -0.485 e. The first-order valence-corrected chi connectivity index (χ1v) is 4.71. The molecule has 70 valence electrons. The minimum atomic E-state index is 0.583. The lowest BCUT2D eigenvalue weighted by Gasteiger charge is -2.09. The summed E-state index contributed by atoms with van der Waals surface area (Å²) < 4.78 is 11.0. The van der Waals surface area contributed by atoms with Crippen LogP contribution in [0.3, 0.4) is 0 Å². The number of benzene rings is 1. The Kier molecular flexibility index (Phi) is 1.60. The monoisotopic (exact) mass is 186 g/mol. The molecule has 1 heterocycles.